The third kappa shape index (κ3) is 3.19. The van der Waals surface area contributed by atoms with Crippen molar-refractivity contribution in [1.29, 1.82) is 0 Å². The highest BCUT2D eigenvalue weighted by Gasteiger charge is 2.22. The lowest BCUT2D eigenvalue weighted by molar-refractivity contribution is -0.116. The molecule has 2 heterocycles. The molecule has 0 bridgehead atoms. The highest BCUT2D eigenvalue weighted by molar-refractivity contribution is 5.97. The van der Waals surface area contributed by atoms with Crippen molar-refractivity contribution in [1.82, 2.24) is 20.2 Å². The van der Waals surface area contributed by atoms with E-state index in [-0.39, 0.29) is 17.3 Å². The maximum absolute atomic E-state index is 14.2. The normalized spacial score (nSPS) is 16.6. The molecule has 1 aliphatic heterocycles. The van der Waals surface area contributed by atoms with Gasteiger partial charge in [-0.3, -0.25) is 9.36 Å². The zero-order valence-corrected chi connectivity index (χ0v) is 12.8. The lowest BCUT2D eigenvalue weighted by Gasteiger charge is -2.24. The van der Waals surface area contributed by atoms with E-state index in [9.17, 15) is 14.0 Å². The number of imidazole rings is 1. The molecule has 22 heavy (non-hydrogen) atoms. The van der Waals surface area contributed by atoms with E-state index in [1.807, 2.05) is 0 Å². The molecular weight excluding hydrogens is 287 g/mol. The van der Waals surface area contributed by atoms with E-state index in [1.54, 1.807) is 11.5 Å². The van der Waals surface area contributed by atoms with Gasteiger partial charge in [0.05, 0.1) is 11.3 Å². The Labute approximate surface area is 128 Å². The van der Waals surface area contributed by atoms with Gasteiger partial charge in [-0.15, -0.1) is 0 Å². The Balaban J connectivity index is 2.40. The minimum absolute atomic E-state index is 0.0195. The summed E-state index contributed by atoms with van der Waals surface area (Å²) in [6.07, 6.45) is 2.80. The maximum Gasteiger partial charge on any atom is 0.326 e. The molecule has 1 saturated heterocycles. The van der Waals surface area contributed by atoms with Crippen molar-refractivity contribution in [3.05, 3.63) is 39.9 Å². The predicted molar refractivity (Wildman–Crippen MR) is 83.2 cm³/mol. The summed E-state index contributed by atoms with van der Waals surface area (Å²) >= 11 is 0. The Bertz CT molecular complexity index is 666. The Morgan fingerprint density at radius 1 is 1.45 bits per heavy atom. The number of hydrogen-bond donors (Lipinski definition) is 3. The van der Waals surface area contributed by atoms with Gasteiger partial charge in [0.15, 0.2) is 0 Å². The third-order valence-electron chi connectivity index (χ3n) is 3.88. The highest BCUT2D eigenvalue weighted by atomic mass is 19.1. The first-order valence-electron chi connectivity index (χ1n) is 7.26. The van der Waals surface area contributed by atoms with Crippen molar-refractivity contribution in [3.63, 3.8) is 0 Å². The Hall–Kier alpha value is -2.15. The molecule has 3 N–H and O–H groups in total. The summed E-state index contributed by atoms with van der Waals surface area (Å²) < 4.78 is 15.8. The first-order valence-corrected chi connectivity index (χ1v) is 7.26. The van der Waals surface area contributed by atoms with Crippen molar-refractivity contribution >= 4 is 12.0 Å². The van der Waals surface area contributed by atoms with Crippen molar-refractivity contribution in [2.75, 3.05) is 20.1 Å². The van der Waals surface area contributed by atoms with Crippen LogP contribution < -0.4 is 16.3 Å². The number of nitrogens with one attached hydrogen (secondary N) is 3. The summed E-state index contributed by atoms with van der Waals surface area (Å²) in [6, 6.07) is 0.0195. The van der Waals surface area contributed by atoms with Crippen LogP contribution in [-0.2, 0) is 4.79 Å². The highest BCUT2D eigenvalue weighted by Crippen LogP contribution is 2.23. The van der Waals surface area contributed by atoms with Gasteiger partial charge < -0.3 is 15.6 Å². The van der Waals surface area contributed by atoms with Gasteiger partial charge in [-0.25, -0.2) is 9.18 Å². The second-order valence-electron chi connectivity index (χ2n) is 5.34. The van der Waals surface area contributed by atoms with E-state index in [2.05, 4.69) is 22.2 Å². The first kappa shape index (κ1) is 16.2. The predicted octanol–water partition coefficient (Wildman–Crippen LogP) is 1.02. The molecule has 0 aromatic carbocycles. The first-order chi connectivity index (χ1) is 10.5. The molecular formula is C15H21FN4O2. The number of aromatic nitrogens is 2. The zero-order chi connectivity index (χ0) is 16.3. The second kappa shape index (κ2) is 6.74. The van der Waals surface area contributed by atoms with Crippen LogP contribution in [-0.4, -0.2) is 35.6 Å². The van der Waals surface area contributed by atoms with Crippen LogP contribution in [0.15, 0.2) is 22.8 Å². The Kier molecular flexibility index (Phi) is 4.97. The second-order valence-corrected chi connectivity index (χ2v) is 5.34. The molecule has 0 unspecified atom stereocenters. The number of carbonyl (C=O) groups excluding carboxylic acids is 1. The summed E-state index contributed by atoms with van der Waals surface area (Å²) in [5.74, 6) is -1.33. The van der Waals surface area contributed by atoms with Gasteiger partial charge in [-0.1, -0.05) is 6.58 Å². The molecule has 0 atom stereocenters. The van der Waals surface area contributed by atoms with E-state index in [0.717, 1.165) is 25.9 Å². The number of halogens is 1. The number of piperidine rings is 1. The third-order valence-corrected chi connectivity index (χ3v) is 3.88. The number of likely N-dealkylation sites (N-methyl/N-ethyl adjacent to an activating group) is 1. The van der Waals surface area contributed by atoms with Gasteiger partial charge in [0.2, 0.25) is 0 Å². The van der Waals surface area contributed by atoms with Crippen LogP contribution in [0.25, 0.3) is 6.08 Å². The van der Waals surface area contributed by atoms with Crippen LogP contribution in [0.3, 0.4) is 0 Å². The van der Waals surface area contributed by atoms with Crippen molar-refractivity contribution < 1.29 is 9.18 Å². The number of nitrogens with zero attached hydrogens (tertiary/aromatic N) is 1. The number of hydrogen-bond acceptors (Lipinski definition) is 3. The number of H-pyrrole nitrogens is 1. The summed E-state index contributed by atoms with van der Waals surface area (Å²) in [4.78, 5) is 26.3. The standard InChI is InChI=1S/C15H21FN4O2/c1-9(14(21)17-3)12(16)8-13-10(2)19-15(22)20(13)11-4-6-18-7-5-11/h8,11,18H,1,4-7H2,2-3H3,(H,17,21)(H,19,22)/b12-8+. The van der Waals surface area contributed by atoms with E-state index < -0.39 is 11.7 Å². The summed E-state index contributed by atoms with van der Waals surface area (Å²) in [6.45, 7) is 6.78. The van der Waals surface area contributed by atoms with E-state index >= 15 is 0 Å². The Morgan fingerprint density at radius 3 is 2.68 bits per heavy atom. The van der Waals surface area contributed by atoms with Crippen molar-refractivity contribution in [2.24, 2.45) is 0 Å². The molecule has 6 nitrogen and oxygen atoms in total. The van der Waals surface area contributed by atoms with Gasteiger partial charge in [-0.2, -0.15) is 0 Å². The SMILES string of the molecule is C=C(C(=O)NC)/C(F)=C\c1c(C)[nH]c(=O)n1C1CCNCC1. The molecule has 1 aromatic heterocycles. The molecule has 1 fully saturated rings. The molecule has 1 aliphatic rings. The van der Waals surface area contributed by atoms with Gasteiger partial charge in [0, 0.05) is 24.9 Å². The molecule has 1 amide bonds. The monoisotopic (exact) mass is 308 g/mol. The van der Waals surface area contributed by atoms with Gasteiger partial charge in [0.25, 0.3) is 5.91 Å². The largest absolute Gasteiger partial charge is 0.355 e. The fourth-order valence-electron chi connectivity index (χ4n) is 2.65. The van der Waals surface area contributed by atoms with E-state index in [0.29, 0.717) is 11.4 Å². The molecule has 2 rings (SSSR count). The van der Waals surface area contributed by atoms with Crippen LogP contribution in [0, 0.1) is 6.92 Å². The average molecular weight is 308 g/mol. The van der Waals surface area contributed by atoms with Crippen molar-refractivity contribution in [3.8, 4) is 0 Å². The van der Waals surface area contributed by atoms with Crippen LogP contribution >= 0.6 is 0 Å². The molecule has 0 spiro atoms. The minimum atomic E-state index is -0.746. The smallest absolute Gasteiger partial charge is 0.326 e. The van der Waals surface area contributed by atoms with Crippen LogP contribution in [0.2, 0.25) is 0 Å². The number of aryl methyl sites for hydroxylation is 1. The molecule has 7 heteroatoms. The topological polar surface area (TPSA) is 78.9 Å². The lowest BCUT2D eigenvalue weighted by atomic mass is 10.1. The van der Waals surface area contributed by atoms with Gasteiger partial charge in [-0.05, 0) is 32.9 Å². The molecule has 1 aromatic rings. The van der Waals surface area contributed by atoms with E-state index in [4.69, 9.17) is 0 Å². The molecule has 0 saturated carbocycles. The Morgan fingerprint density at radius 2 is 2.09 bits per heavy atom. The van der Waals surface area contributed by atoms with Crippen LogP contribution in [0.5, 0.6) is 0 Å². The maximum atomic E-state index is 14.2. The molecule has 0 aliphatic carbocycles. The average Bonchev–Trinajstić information content (AvgIpc) is 2.80. The zero-order valence-electron chi connectivity index (χ0n) is 12.8. The fourth-order valence-corrected chi connectivity index (χ4v) is 2.65. The number of carbonyl (C=O) groups is 1. The molecule has 120 valence electrons. The van der Waals surface area contributed by atoms with Gasteiger partial charge in [0.1, 0.15) is 5.83 Å². The summed E-state index contributed by atoms with van der Waals surface area (Å²) in [7, 11) is 1.41. The number of amides is 1. The minimum Gasteiger partial charge on any atom is -0.355 e. The number of rotatable bonds is 4. The molecule has 0 radical (unpaired) electrons. The number of aromatic amines is 1. The van der Waals surface area contributed by atoms with Crippen molar-refractivity contribution in [2.45, 2.75) is 25.8 Å². The lowest BCUT2D eigenvalue weighted by Crippen LogP contribution is -2.33. The van der Waals surface area contributed by atoms with Crippen LogP contribution in [0.1, 0.15) is 30.3 Å². The van der Waals surface area contributed by atoms with Gasteiger partial charge >= 0.3 is 5.69 Å². The fraction of sp³-hybridized carbons (Fsp3) is 0.467. The van der Waals surface area contributed by atoms with E-state index in [1.165, 1.54) is 13.1 Å². The summed E-state index contributed by atoms with van der Waals surface area (Å²) in [5, 5.41) is 5.55. The quantitative estimate of drug-likeness (QED) is 0.574. The summed E-state index contributed by atoms with van der Waals surface area (Å²) in [5.41, 5.74) is 0.518. The van der Waals surface area contributed by atoms with Crippen LogP contribution in [0.4, 0.5) is 4.39 Å².